The maximum absolute atomic E-state index is 12.1. The Morgan fingerprint density at radius 3 is 2.70 bits per heavy atom. The van der Waals surface area contributed by atoms with Crippen LogP contribution in [-0.2, 0) is 6.54 Å². The van der Waals surface area contributed by atoms with E-state index in [1.54, 1.807) is 16.7 Å². The van der Waals surface area contributed by atoms with Gasteiger partial charge >= 0.3 is 5.69 Å². The first-order valence-electron chi connectivity index (χ1n) is 6.97. The first-order valence-corrected chi connectivity index (χ1v) is 7.72. The van der Waals surface area contributed by atoms with Gasteiger partial charge in [-0.05, 0) is 30.3 Å². The van der Waals surface area contributed by atoms with E-state index in [1.807, 2.05) is 24.3 Å². The van der Waals surface area contributed by atoms with E-state index < -0.39 is 0 Å². The summed E-state index contributed by atoms with van der Waals surface area (Å²) in [5, 5.41) is 3.48. The van der Waals surface area contributed by atoms with Crippen LogP contribution in [0.3, 0.4) is 0 Å². The van der Waals surface area contributed by atoms with Crippen molar-refractivity contribution in [2.24, 2.45) is 0 Å². The van der Waals surface area contributed by atoms with Gasteiger partial charge in [-0.3, -0.25) is 9.36 Å². The second-order valence-electron chi connectivity index (χ2n) is 4.98. The van der Waals surface area contributed by atoms with Gasteiger partial charge < -0.3 is 10.3 Å². The number of halogens is 2. The summed E-state index contributed by atoms with van der Waals surface area (Å²) in [6.45, 7) is 0.691. The van der Waals surface area contributed by atoms with Crippen molar-refractivity contribution in [3.05, 3.63) is 68.6 Å². The molecular formula is C16H13Cl2N3O2. The molecule has 0 saturated carbocycles. The predicted molar refractivity (Wildman–Crippen MR) is 91.4 cm³/mol. The average Bonchev–Trinajstić information content (AvgIpc) is 2.86. The third-order valence-electron chi connectivity index (χ3n) is 3.48. The predicted octanol–water partition coefficient (Wildman–Crippen LogP) is 3.07. The number of carbonyl (C=O) groups is 1. The van der Waals surface area contributed by atoms with Gasteiger partial charge in [0, 0.05) is 18.7 Å². The molecule has 1 heterocycles. The molecule has 2 aromatic carbocycles. The maximum Gasteiger partial charge on any atom is 0.326 e. The van der Waals surface area contributed by atoms with Crippen LogP contribution in [0.4, 0.5) is 0 Å². The summed E-state index contributed by atoms with van der Waals surface area (Å²) in [6, 6.07) is 12.1. The Morgan fingerprint density at radius 2 is 1.91 bits per heavy atom. The van der Waals surface area contributed by atoms with E-state index in [1.165, 1.54) is 6.07 Å². The zero-order chi connectivity index (χ0) is 16.4. The van der Waals surface area contributed by atoms with Crippen LogP contribution in [0, 0.1) is 0 Å². The summed E-state index contributed by atoms with van der Waals surface area (Å²) in [6.07, 6.45) is 0. The van der Waals surface area contributed by atoms with E-state index in [0.29, 0.717) is 28.7 Å². The largest absolute Gasteiger partial charge is 0.350 e. The molecule has 1 amide bonds. The highest BCUT2D eigenvalue weighted by molar-refractivity contribution is 6.42. The standard InChI is InChI=1S/C16H13Cl2N3O2/c17-11-6-5-10(9-12(11)18)15(22)19-7-8-21-14-4-2-1-3-13(14)20-16(21)23/h1-6,9H,7-8H2,(H,19,22)(H,20,23). The SMILES string of the molecule is O=C(NCCn1c(=O)[nH]c2ccccc21)c1ccc(Cl)c(Cl)c1. The zero-order valence-electron chi connectivity index (χ0n) is 12.0. The molecular weight excluding hydrogens is 337 g/mol. The molecule has 2 N–H and O–H groups in total. The molecule has 3 rings (SSSR count). The van der Waals surface area contributed by atoms with Gasteiger partial charge in [-0.25, -0.2) is 4.79 Å². The summed E-state index contributed by atoms with van der Waals surface area (Å²) < 4.78 is 1.59. The van der Waals surface area contributed by atoms with Gasteiger partial charge in [0.25, 0.3) is 5.91 Å². The first kappa shape index (κ1) is 15.6. The summed E-state index contributed by atoms with van der Waals surface area (Å²) in [5.74, 6) is -0.267. The molecule has 0 unspecified atom stereocenters. The molecule has 7 heteroatoms. The summed E-state index contributed by atoms with van der Waals surface area (Å²) in [7, 11) is 0. The van der Waals surface area contributed by atoms with Crippen LogP contribution in [-0.4, -0.2) is 22.0 Å². The summed E-state index contributed by atoms with van der Waals surface area (Å²) in [4.78, 5) is 26.8. The van der Waals surface area contributed by atoms with Crippen molar-refractivity contribution < 1.29 is 4.79 Å². The highest BCUT2D eigenvalue weighted by Gasteiger charge is 2.09. The van der Waals surface area contributed by atoms with Gasteiger partial charge in [0.2, 0.25) is 0 Å². The lowest BCUT2D eigenvalue weighted by Gasteiger charge is -2.07. The van der Waals surface area contributed by atoms with Crippen molar-refractivity contribution in [2.75, 3.05) is 6.54 Å². The van der Waals surface area contributed by atoms with Crippen molar-refractivity contribution in [2.45, 2.75) is 6.54 Å². The van der Waals surface area contributed by atoms with E-state index in [2.05, 4.69) is 10.3 Å². The molecule has 1 aromatic heterocycles. The lowest BCUT2D eigenvalue weighted by atomic mass is 10.2. The molecule has 0 fully saturated rings. The van der Waals surface area contributed by atoms with Crippen LogP contribution in [0.1, 0.15) is 10.4 Å². The molecule has 0 saturated heterocycles. The van der Waals surface area contributed by atoms with Gasteiger partial charge in [-0.1, -0.05) is 35.3 Å². The number of rotatable bonds is 4. The lowest BCUT2D eigenvalue weighted by Crippen LogP contribution is -2.30. The third kappa shape index (κ3) is 3.25. The van der Waals surface area contributed by atoms with Crippen molar-refractivity contribution in [3.8, 4) is 0 Å². The summed E-state index contributed by atoms with van der Waals surface area (Å²) >= 11 is 11.7. The second kappa shape index (κ2) is 6.48. The normalized spacial score (nSPS) is 10.9. The molecule has 0 spiro atoms. The number of H-pyrrole nitrogens is 1. The third-order valence-corrected chi connectivity index (χ3v) is 4.22. The highest BCUT2D eigenvalue weighted by atomic mass is 35.5. The average molecular weight is 350 g/mol. The number of nitrogens with zero attached hydrogens (tertiary/aromatic N) is 1. The first-order chi connectivity index (χ1) is 11.1. The Kier molecular flexibility index (Phi) is 4.41. The molecule has 5 nitrogen and oxygen atoms in total. The number of nitrogens with one attached hydrogen (secondary N) is 2. The van der Waals surface area contributed by atoms with Gasteiger partial charge in [0.15, 0.2) is 0 Å². The monoisotopic (exact) mass is 349 g/mol. The molecule has 3 aromatic rings. The van der Waals surface area contributed by atoms with Gasteiger partial charge in [-0.15, -0.1) is 0 Å². The topological polar surface area (TPSA) is 66.9 Å². The highest BCUT2D eigenvalue weighted by Crippen LogP contribution is 2.22. The zero-order valence-corrected chi connectivity index (χ0v) is 13.5. The van der Waals surface area contributed by atoms with Gasteiger partial charge in [0.05, 0.1) is 21.1 Å². The van der Waals surface area contributed by atoms with Crippen LogP contribution in [0.2, 0.25) is 10.0 Å². The smallest absolute Gasteiger partial charge is 0.326 e. The maximum atomic E-state index is 12.1. The molecule has 23 heavy (non-hydrogen) atoms. The minimum absolute atomic E-state index is 0.199. The minimum atomic E-state index is -0.267. The summed E-state index contributed by atoms with van der Waals surface area (Å²) in [5.41, 5.74) is 1.80. The number of hydrogen-bond acceptors (Lipinski definition) is 2. The second-order valence-corrected chi connectivity index (χ2v) is 5.80. The van der Waals surface area contributed by atoms with Crippen molar-refractivity contribution in [3.63, 3.8) is 0 Å². The number of carbonyl (C=O) groups excluding carboxylic acids is 1. The van der Waals surface area contributed by atoms with Crippen LogP contribution < -0.4 is 11.0 Å². The number of para-hydroxylation sites is 2. The number of fused-ring (bicyclic) bond motifs is 1. The fraction of sp³-hybridized carbons (Fsp3) is 0.125. The Balaban J connectivity index is 1.69. The quantitative estimate of drug-likeness (QED) is 0.759. The fourth-order valence-electron chi connectivity index (χ4n) is 2.35. The van der Waals surface area contributed by atoms with Crippen molar-refractivity contribution >= 4 is 40.1 Å². The van der Waals surface area contributed by atoms with E-state index >= 15 is 0 Å². The fourth-order valence-corrected chi connectivity index (χ4v) is 2.65. The van der Waals surface area contributed by atoms with E-state index in [-0.39, 0.29) is 11.6 Å². The number of aromatic nitrogens is 2. The molecule has 118 valence electrons. The Hall–Kier alpha value is -2.24. The van der Waals surface area contributed by atoms with Crippen LogP contribution in [0.25, 0.3) is 11.0 Å². The molecule has 0 atom stereocenters. The van der Waals surface area contributed by atoms with Crippen LogP contribution >= 0.6 is 23.2 Å². The van der Waals surface area contributed by atoms with Crippen molar-refractivity contribution in [1.82, 2.24) is 14.9 Å². The van der Waals surface area contributed by atoms with Crippen LogP contribution in [0.5, 0.6) is 0 Å². The van der Waals surface area contributed by atoms with E-state index in [4.69, 9.17) is 23.2 Å². The van der Waals surface area contributed by atoms with Crippen molar-refractivity contribution in [1.29, 1.82) is 0 Å². The lowest BCUT2D eigenvalue weighted by molar-refractivity contribution is 0.0952. The molecule has 0 radical (unpaired) electrons. The molecule has 0 aliphatic carbocycles. The molecule has 0 aliphatic rings. The number of imidazole rings is 1. The Bertz CT molecular complexity index is 930. The number of hydrogen-bond donors (Lipinski definition) is 2. The Labute approximate surface area is 141 Å². The molecule has 0 aliphatic heterocycles. The van der Waals surface area contributed by atoms with Crippen LogP contribution in [0.15, 0.2) is 47.3 Å². The number of benzene rings is 2. The molecule has 0 bridgehead atoms. The van der Waals surface area contributed by atoms with Gasteiger partial charge in [-0.2, -0.15) is 0 Å². The van der Waals surface area contributed by atoms with E-state index in [0.717, 1.165) is 11.0 Å². The van der Waals surface area contributed by atoms with Gasteiger partial charge in [0.1, 0.15) is 0 Å². The minimum Gasteiger partial charge on any atom is -0.350 e. The number of amides is 1. The number of aromatic amines is 1. The Morgan fingerprint density at radius 1 is 1.13 bits per heavy atom. The van der Waals surface area contributed by atoms with E-state index in [9.17, 15) is 9.59 Å².